The molecule has 1 N–H and O–H groups in total. The summed E-state index contributed by atoms with van der Waals surface area (Å²) < 4.78 is 10.5. The summed E-state index contributed by atoms with van der Waals surface area (Å²) in [6, 6.07) is 5.46. The molecule has 1 atom stereocenters. The Morgan fingerprint density at radius 2 is 2.41 bits per heavy atom. The minimum absolute atomic E-state index is 0.204. The zero-order chi connectivity index (χ0) is 15.5. The maximum absolute atomic E-state index is 11.4. The first kappa shape index (κ1) is 15.2. The smallest absolute Gasteiger partial charge is 0.319 e. The highest BCUT2D eigenvalue weighted by Gasteiger charge is 2.28. The normalized spacial score (nSPS) is 17.5. The number of H-pyrrole nitrogens is 1. The van der Waals surface area contributed by atoms with Crippen LogP contribution in [0.15, 0.2) is 23.4 Å². The number of cyclic esters (lactones) is 1. The van der Waals surface area contributed by atoms with Crippen molar-refractivity contribution in [3.8, 4) is 5.75 Å². The molecular weight excluding hydrogens is 326 g/mol. The molecule has 3 rings (SSSR count). The Bertz CT molecular complexity index is 692. The Morgan fingerprint density at radius 3 is 3.14 bits per heavy atom. The van der Waals surface area contributed by atoms with Crippen molar-refractivity contribution in [2.75, 3.05) is 6.61 Å². The van der Waals surface area contributed by atoms with Crippen LogP contribution in [0.1, 0.15) is 17.8 Å². The molecule has 2 heterocycles. The van der Waals surface area contributed by atoms with E-state index in [1.165, 1.54) is 11.8 Å². The van der Waals surface area contributed by atoms with E-state index < -0.39 is 0 Å². The molecule has 1 fully saturated rings. The third kappa shape index (κ3) is 3.53. The second-order valence-corrected chi connectivity index (χ2v) is 6.40. The molecule has 6 nitrogen and oxygen atoms in total. The molecule has 116 valence electrons. The van der Waals surface area contributed by atoms with E-state index in [2.05, 4.69) is 15.2 Å². The molecular formula is C14H14ClN3O3S. The van der Waals surface area contributed by atoms with Gasteiger partial charge in [-0.3, -0.25) is 9.89 Å². The van der Waals surface area contributed by atoms with Crippen LogP contribution in [0.5, 0.6) is 5.75 Å². The molecule has 1 aliphatic heterocycles. The SMILES string of the molecule is Cc1cc(OCc2nc(S[C@@H]3CCOC3=O)n[nH]2)ccc1Cl. The molecule has 0 radical (unpaired) electrons. The fraction of sp³-hybridized carbons (Fsp3) is 0.357. The van der Waals surface area contributed by atoms with Crippen LogP contribution >= 0.6 is 23.4 Å². The zero-order valence-corrected chi connectivity index (χ0v) is 13.4. The topological polar surface area (TPSA) is 77.1 Å². The molecule has 1 aliphatic rings. The largest absolute Gasteiger partial charge is 0.486 e. The second kappa shape index (κ2) is 6.58. The maximum atomic E-state index is 11.4. The number of carbonyl (C=O) groups is 1. The van der Waals surface area contributed by atoms with Crippen LogP contribution in [0, 0.1) is 6.92 Å². The Balaban J connectivity index is 1.57. The number of aromatic nitrogens is 3. The average Bonchev–Trinajstić information content (AvgIpc) is 3.11. The summed E-state index contributed by atoms with van der Waals surface area (Å²) in [6.45, 7) is 2.65. The second-order valence-electron chi connectivity index (χ2n) is 4.83. The first-order chi connectivity index (χ1) is 10.6. The predicted octanol–water partition coefficient (Wildman–Crippen LogP) is 2.75. The number of esters is 1. The fourth-order valence-corrected chi connectivity index (χ4v) is 2.98. The van der Waals surface area contributed by atoms with Crippen LogP contribution < -0.4 is 4.74 Å². The number of halogens is 1. The van der Waals surface area contributed by atoms with Crippen molar-refractivity contribution in [2.45, 2.75) is 30.4 Å². The minimum atomic E-state index is -0.219. The number of hydrogen-bond acceptors (Lipinski definition) is 6. The van der Waals surface area contributed by atoms with Gasteiger partial charge in [0.15, 0.2) is 5.82 Å². The van der Waals surface area contributed by atoms with Gasteiger partial charge in [-0.2, -0.15) is 0 Å². The van der Waals surface area contributed by atoms with Gasteiger partial charge in [-0.15, -0.1) is 5.10 Å². The summed E-state index contributed by atoms with van der Waals surface area (Å²) in [5.41, 5.74) is 0.952. The van der Waals surface area contributed by atoms with E-state index in [0.717, 1.165) is 5.56 Å². The quantitative estimate of drug-likeness (QED) is 0.844. The lowest BCUT2D eigenvalue weighted by molar-refractivity contribution is -0.137. The van der Waals surface area contributed by atoms with Crippen LogP contribution in [-0.4, -0.2) is 33.0 Å². The van der Waals surface area contributed by atoms with Crippen molar-refractivity contribution in [1.29, 1.82) is 0 Å². The van der Waals surface area contributed by atoms with E-state index in [9.17, 15) is 4.79 Å². The highest BCUT2D eigenvalue weighted by atomic mass is 35.5. The van der Waals surface area contributed by atoms with E-state index >= 15 is 0 Å². The van der Waals surface area contributed by atoms with Crippen LogP contribution in [0.25, 0.3) is 0 Å². The van der Waals surface area contributed by atoms with Crippen molar-refractivity contribution >= 4 is 29.3 Å². The lowest BCUT2D eigenvalue weighted by Crippen LogP contribution is -2.09. The van der Waals surface area contributed by atoms with E-state index in [0.29, 0.717) is 34.8 Å². The summed E-state index contributed by atoms with van der Waals surface area (Å²) in [7, 11) is 0. The average molecular weight is 340 g/mol. The number of thioether (sulfide) groups is 1. The number of nitrogens with one attached hydrogen (secondary N) is 1. The summed E-state index contributed by atoms with van der Waals surface area (Å²) in [4.78, 5) is 15.7. The van der Waals surface area contributed by atoms with Gasteiger partial charge < -0.3 is 9.47 Å². The summed E-state index contributed by atoms with van der Waals surface area (Å²) >= 11 is 7.27. The van der Waals surface area contributed by atoms with Gasteiger partial charge in [0.1, 0.15) is 17.6 Å². The zero-order valence-electron chi connectivity index (χ0n) is 11.8. The van der Waals surface area contributed by atoms with Crippen molar-refractivity contribution in [2.24, 2.45) is 0 Å². The molecule has 0 spiro atoms. The monoisotopic (exact) mass is 339 g/mol. The highest BCUT2D eigenvalue weighted by molar-refractivity contribution is 8.00. The van der Waals surface area contributed by atoms with Crippen molar-refractivity contribution < 1.29 is 14.3 Å². The van der Waals surface area contributed by atoms with Gasteiger partial charge in [0, 0.05) is 11.4 Å². The van der Waals surface area contributed by atoms with Gasteiger partial charge in [-0.1, -0.05) is 23.4 Å². The van der Waals surface area contributed by atoms with E-state index in [1.807, 2.05) is 13.0 Å². The van der Waals surface area contributed by atoms with Crippen molar-refractivity contribution in [1.82, 2.24) is 15.2 Å². The molecule has 0 amide bonds. The molecule has 0 aliphatic carbocycles. The Kier molecular flexibility index (Phi) is 4.54. The Morgan fingerprint density at radius 1 is 1.55 bits per heavy atom. The molecule has 2 aromatic rings. The number of carbonyl (C=O) groups excluding carboxylic acids is 1. The van der Waals surface area contributed by atoms with Crippen LogP contribution in [-0.2, 0) is 16.1 Å². The van der Waals surface area contributed by atoms with Crippen molar-refractivity contribution in [3.63, 3.8) is 0 Å². The van der Waals surface area contributed by atoms with E-state index in [4.69, 9.17) is 21.1 Å². The van der Waals surface area contributed by atoms with Crippen LogP contribution in [0.2, 0.25) is 5.02 Å². The predicted molar refractivity (Wildman–Crippen MR) is 82.1 cm³/mol. The van der Waals surface area contributed by atoms with Crippen LogP contribution in [0.3, 0.4) is 0 Å². The number of benzene rings is 1. The number of rotatable bonds is 5. The third-order valence-electron chi connectivity index (χ3n) is 3.15. The van der Waals surface area contributed by atoms with Gasteiger partial charge in [0.2, 0.25) is 5.16 Å². The number of aryl methyl sites for hydroxylation is 1. The highest BCUT2D eigenvalue weighted by Crippen LogP contribution is 2.27. The molecule has 22 heavy (non-hydrogen) atoms. The number of aromatic amines is 1. The summed E-state index contributed by atoms with van der Waals surface area (Å²) in [6.07, 6.45) is 0.688. The van der Waals surface area contributed by atoms with Gasteiger partial charge in [0.25, 0.3) is 0 Å². The molecule has 0 bridgehead atoms. The first-order valence-corrected chi connectivity index (χ1v) is 8.01. The van der Waals surface area contributed by atoms with Gasteiger partial charge in [-0.25, -0.2) is 4.98 Å². The molecule has 0 unspecified atom stereocenters. The van der Waals surface area contributed by atoms with Gasteiger partial charge in [0.05, 0.1) is 6.61 Å². The molecule has 1 saturated heterocycles. The number of nitrogens with zero attached hydrogens (tertiary/aromatic N) is 2. The van der Waals surface area contributed by atoms with Gasteiger partial charge in [-0.05, 0) is 30.7 Å². The Labute approximate surface area is 136 Å². The summed E-state index contributed by atoms with van der Waals surface area (Å²) in [5, 5.41) is 7.89. The lowest BCUT2D eigenvalue weighted by Gasteiger charge is -2.05. The molecule has 8 heteroatoms. The number of ether oxygens (including phenoxy) is 2. The standard InChI is InChI=1S/C14H14ClN3O3S/c1-8-6-9(2-3-10(8)15)21-7-12-16-14(18-17-12)22-11-4-5-20-13(11)19/h2-3,6,11H,4-5,7H2,1H3,(H,16,17,18)/t11-/m1/s1. The van der Waals surface area contributed by atoms with Gasteiger partial charge >= 0.3 is 5.97 Å². The van der Waals surface area contributed by atoms with Crippen LogP contribution in [0.4, 0.5) is 0 Å². The van der Waals surface area contributed by atoms with E-state index in [-0.39, 0.29) is 17.8 Å². The minimum Gasteiger partial charge on any atom is -0.486 e. The maximum Gasteiger partial charge on any atom is 0.319 e. The Hall–Kier alpha value is -1.73. The number of hydrogen-bond donors (Lipinski definition) is 1. The molecule has 0 saturated carbocycles. The molecule has 1 aromatic heterocycles. The fourth-order valence-electron chi connectivity index (χ4n) is 1.97. The van der Waals surface area contributed by atoms with E-state index in [1.54, 1.807) is 12.1 Å². The molecule has 1 aromatic carbocycles. The van der Waals surface area contributed by atoms with Crippen molar-refractivity contribution in [3.05, 3.63) is 34.6 Å². The third-order valence-corrected chi connectivity index (χ3v) is 4.68. The summed E-state index contributed by atoms with van der Waals surface area (Å²) in [5.74, 6) is 1.11. The lowest BCUT2D eigenvalue weighted by atomic mass is 10.2. The first-order valence-electron chi connectivity index (χ1n) is 6.75.